The number of hydrogen-bond acceptors (Lipinski definition) is 0. The smallest absolute Gasteiger partial charge is 0.506 e. The van der Waals surface area contributed by atoms with Gasteiger partial charge in [-0.3, -0.25) is 0 Å². The summed E-state index contributed by atoms with van der Waals surface area (Å²) in [4.78, 5) is 0. The number of benzene rings is 2. The van der Waals surface area contributed by atoms with E-state index in [0.717, 1.165) is 0 Å². The van der Waals surface area contributed by atoms with E-state index in [1.54, 1.807) is 0 Å². The molecule has 0 unspecified atom stereocenters. The van der Waals surface area contributed by atoms with E-state index < -0.39 is 0 Å². The zero-order valence-electron chi connectivity index (χ0n) is 11.8. The Kier molecular flexibility index (Phi) is 12.6. The van der Waals surface area contributed by atoms with Crippen LogP contribution in [0.1, 0.15) is 6.42 Å². The van der Waals surface area contributed by atoms with Crippen LogP contribution in [0.4, 0.5) is 0 Å². The fourth-order valence-corrected chi connectivity index (χ4v) is 3.72. The third kappa shape index (κ3) is 8.39. The van der Waals surface area contributed by atoms with Crippen molar-refractivity contribution < 1.29 is 37.7 Å². The van der Waals surface area contributed by atoms with Crippen molar-refractivity contribution in [3.63, 3.8) is 0 Å². The molecule has 0 bridgehead atoms. The molecule has 0 atom stereocenters. The largest absolute Gasteiger partial charge is 1.00 e. The van der Waals surface area contributed by atoms with Crippen LogP contribution in [0.3, 0.4) is 0 Å². The molecule has 19 heavy (non-hydrogen) atoms. The van der Waals surface area contributed by atoms with Gasteiger partial charge in [0.1, 0.15) is 0 Å². The van der Waals surface area contributed by atoms with Crippen molar-refractivity contribution in [3.8, 4) is 0 Å². The average Bonchev–Trinajstić information content (AvgIpc) is 2.41. The monoisotopic (exact) mass is 272 g/mol. The van der Waals surface area contributed by atoms with Crippen LogP contribution in [-0.2, 0) is 0 Å². The molecule has 0 nitrogen and oxygen atoms in total. The standard InChI is InChI=1S/C15H16P2.2Li/c1-3-8-14(9-4-1)16-12-7-13-17-15-10-5-2-6-11-15;;/h1-6,8-11H,7,12-13H2;;/q-2;2*+1. The molecule has 0 aromatic heterocycles. The molecule has 2 aromatic rings. The number of hydrogen-bond donors (Lipinski definition) is 0. The Morgan fingerprint density at radius 2 is 0.947 bits per heavy atom. The molecule has 0 amide bonds. The molecule has 0 saturated carbocycles. The van der Waals surface area contributed by atoms with Gasteiger partial charge in [0, 0.05) is 0 Å². The third-order valence-electron chi connectivity index (χ3n) is 2.42. The second-order valence-corrected chi connectivity index (χ2v) is 6.35. The molecule has 0 fully saturated rings. The van der Waals surface area contributed by atoms with Gasteiger partial charge in [-0.1, -0.05) is 60.7 Å². The summed E-state index contributed by atoms with van der Waals surface area (Å²) in [6.07, 6.45) is 3.83. The molecule has 2 rings (SSSR count). The maximum atomic E-state index is 2.20. The van der Waals surface area contributed by atoms with Crippen molar-refractivity contribution in [3.05, 3.63) is 60.7 Å². The molecule has 0 spiro atoms. The Bertz CT molecular complexity index is 379. The Balaban J connectivity index is 0.00000162. The minimum atomic E-state index is 0. The normalized spacial score (nSPS) is 10.5. The topological polar surface area (TPSA) is 0 Å². The first-order valence-electron chi connectivity index (χ1n) is 5.90. The molecule has 0 aliphatic carbocycles. The molecular formula is C15H16Li2P2. The maximum absolute atomic E-state index is 2.20. The van der Waals surface area contributed by atoms with E-state index in [0.29, 0.717) is 0 Å². The predicted molar refractivity (Wildman–Crippen MR) is 80.3 cm³/mol. The molecule has 0 saturated heterocycles. The van der Waals surface area contributed by atoms with Crippen molar-refractivity contribution in [2.45, 2.75) is 6.42 Å². The first-order chi connectivity index (χ1) is 8.45. The van der Waals surface area contributed by atoms with Gasteiger partial charge in [0.15, 0.2) is 0 Å². The Morgan fingerprint density at radius 3 is 1.32 bits per heavy atom. The fourth-order valence-electron chi connectivity index (χ4n) is 1.55. The summed E-state index contributed by atoms with van der Waals surface area (Å²) in [7, 11) is 2.92. The fraction of sp³-hybridized carbons (Fsp3) is 0.200. The maximum Gasteiger partial charge on any atom is 1.00 e. The Hall–Kier alpha value is 0.495. The molecule has 4 heteroatoms. The summed E-state index contributed by atoms with van der Waals surface area (Å²) in [6.45, 7) is 0. The van der Waals surface area contributed by atoms with Gasteiger partial charge >= 0.3 is 37.7 Å². The molecule has 2 aromatic carbocycles. The first-order valence-corrected chi connectivity index (χ1v) is 8.06. The Labute approximate surface area is 144 Å². The van der Waals surface area contributed by atoms with E-state index in [1.165, 1.54) is 46.5 Å². The van der Waals surface area contributed by atoms with Gasteiger partial charge in [0.25, 0.3) is 0 Å². The van der Waals surface area contributed by atoms with Gasteiger partial charge in [0.05, 0.1) is 0 Å². The van der Waals surface area contributed by atoms with E-state index in [9.17, 15) is 0 Å². The number of rotatable bonds is 6. The summed E-state index contributed by atoms with van der Waals surface area (Å²) in [5, 5.41) is 2.87. The molecule has 0 aliphatic rings. The van der Waals surface area contributed by atoms with Crippen LogP contribution < -0.4 is 48.3 Å². The van der Waals surface area contributed by atoms with Crippen LogP contribution in [0.5, 0.6) is 0 Å². The molecule has 0 N–H and O–H groups in total. The second-order valence-electron chi connectivity index (χ2n) is 3.79. The van der Waals surface area contributed by atoms with Crippen molar-refractivity contribution >= 4 is 27.8 Å². The van der Waals surface area contributed by atoms with Gasteiger partial charge in [-0.25, -0.2) is 10.6 Å². The zero-order valence-corrected chi connectivity index (χ0v) is 13.6. The van der Waals surface area contributed by atoms with E-state index in [2.05, 4.69) is 60.7 Å². The predicted octanol–water partition coefficient (Wildman–Crippen LogP) is -2.07. The summed E-state index contributed by atoms with van der Waals surface area (Å²) in [5.74, 6) is 0. The van der Waals surface area contributed by atoms with Crippen LogP contribution in [0.25, 0.3) is 0 Å². The van der Waals surface area contributed by atoms with Crippen LogP contribution >= 0.6 is 17.2 Å². The van der Waals surface area contributed by atoms with Crippen molar-refractivity contribution in [2.24, 2.45) is 0 Å². The van der Waals surface area contributed by atoms with Crippen LogP contribution in [0.2, 0.25) is 0 Å². The van der Waals surface area contributed by atoms with Crippen LogP contribution in [0.15, 0.2) is 60.7 Å². The summed E-state index contributed by atoms with van der Waals surface area (Å²) < 4.78 is 0. The minimum absolute atomic E-state index is 0. The Morgan fingerprint density at radius 1 is 0.579 bits per heavy atom. The van der Waals surface area contributed by atoms with Crippen molar-refractivity contribution in [2.75, 3.05) is 12.3 Å². The summed E-state index contributed by atoms with van der Waals surface area (Å²) in [5.41, 5.74) is 0. The molecule has 88 valence electrons. The average molecular weight is 272 g/mol. The summed E-state index contributed by atoms with van der Waals surface area (Å²) in [6, 6.07) is 21.4. The van der Waals surface area contributed by atoms with Gasteiger partial charge < -0.3 is 17.2 Å². The minimum Gasteiger partial charge on any atom is -0.506 e. The van der Waals surface area contributed by atoms with Gasteiger partial charge in [-0.05, 0) is 0 Å². The quantitative estimate of drug-likeness (QED) is 0.322. The van der Waals surface area contributed by atoms with E-state index >= 15 is 0 Å². The molecule has 0 aliphatic heterocycles. The molecule has 0 radical (unpaired) electrons. The van der Waals surface area contributed by atoms with Gasteiger partial charge in [0.2, 0.25) is 0 Å². The first kappa shape index (κ1) is 19.5. The van der Waals surface area contributed by atoms with Crippen molar-refractivity contribution in [1.82, 2.24) is 0 Å². The SMILES string of the molecule is [Li+].[Li+].c1ccc([P-]CCC[P-]c2ccccc2)cc1. The van der Waals surface area contributed by atoms with Gasteiger partial charge in [-0.15, -0.1) is 6.42 Å². The van der Waals surface area contributed by atoms with E-state index in [-0.39, 0.29) is 37.7 Å². The van der Waals surface area contributed by atoms with Crippen LogP contribution in [0, 0.1) is 0 Å². The molecule has 0 heterocycles. The van der Waals surface area contributed by atoms with E-state index in [4.69, 9.17) is 0 Å². The zero-order chi connectivity index (χ0) is 11.8. The van der Waals surface area contributed by atoms with E-state index in [1.807, 2.05) is 0 Å². The van der Waals surface area contributed by atoms with Crippen molar-refractivity contribution in [1.29, 1.82) is 0 Å². The second kappa shape index (κ2) is 12.3. The molecular weight excluding hydrogens is 256 g/mol. The van der Waals surface area contributed by atoms with Gasteiger partial charge in [-0.2, -0.15) is 12.3 Å². The summed E-state index contributed by atoms with van der Waals surface area (Å²) >= 11 is 0. The third-order valence-corrected chi connectivity index (χ3v) is 4.82. The van der Waals surface area contributed by atoms with Crippen LogP contribution in [-0.4, -0.2) is 12.3 Å².